The second kappa shape index (κ2) is 9.34. The molecule has 1 amide bonds. The molecule has 0 unspecified atom stereocenters. The van der Waals surface area contributed by atoms with Crippen LogP contribution < -0.4 is 28.6 Å². The number of methoxy groups -OCH3 is 2. The third-order valence-electron chi connectivity index (χ3n) is 4.79. The first-order valence-electron chi connectivity index (χ1n) is 9.61. The van der Waals surface area contributed by atoms with Gasteiger partial charge in [0.05, 0.1) is 32.2 Å². The number of hydrogen-bond donors (Lipinski definition) is 1. The molecule has 1 heterocycles. The molecule has 9 nitrogen and oxygen atoms in total. The molecule has 31 heavy (non-hydrogen) atoms. The minimum Gasteiger partial charge on any atom is -0.493 e. The van der Waals surface area contributed by atoms with Gasteiger partial charge < -0.3 is 24.3 Å². The Kier molecular flexibility index (Phi) is 6.79. The number of nitrogens with one attached hydrogen (secondary N) is 1. The summed E-state index contributed by atoms with van der Waals surface area (Å²) in [5, 5.41) is 2.82. The second-order valence-electron chi connectivity index (χ2n) is 7.00. The van der Waals surface area contributed by atoms with E-state index in [-0.39, 0.29) is 12.6 Å². The molecule has 3 rings (SSSR count). The van der Waals surface area contributed by atoms with E-state index in [0.717, 1.165) is 16.1 Å². The van der Waals surface area contributed by atoms with Gasteiger partial charge in [0.15, 0.2) is 23.0 Å². The maximum atomic E-state index is 12.7. The highest BCUT2D eigenvalue weighted by Gasteiger charge is 2.24. The first kappa shape index (κ1) is 22.5. The van der Waals surface area contributed by atoms with Crippen LogP contribution in [0.25, 0.3) is 0 Å². The number of fused-ring (bicyclic) bond motifs is 1. The maximum absolute atomic E-state index is 12.7. The number of sulfonamides is 1. The molecular formula is C21H26N2O7S. The number of amides is 1. The standard InChI is InChI=1S/C21H26N2O7S/c1-14(15-5-7-17(27-2)19(11-15)28-3)22-21(24)13-23(31(4,25)26)16-6-8-18-20(12-16)30-10-9-29-18/h5-8,11-12,14H,9-10,13H2,1-4H3,(H,22,24)/t14-/m0/s1. The molecule has 1 aliphatic heterocycles. The number of hydrogen-bond acceptors (Lipinski definition) is 7. The predicted octanol–water partition coefficient (Wildman–Crippen LogP) is 2.12. The number of rotatable bonds is 8. The van der Waals surface area contributed by atoms with Crippen molar-refractivity contribution in [1.29, 1.82) is 0 Å². The molecule has 0 saturated heterocycles. The van der Waals surface area contributed by atoms with Crippen LogP contribution in [0.4, 0.5) is 5.69 Å². The summed E-state index contributed by atoms with van der Waals surface area (Å²) >= 11 is 0. The van der Waals surface area contributed by atoms with Crippen molar-refractivity contribution in [2.75, 3.05) is 44.5 Å². The molecule has 168 valence electrons. The number of carbonyl (C=O) groups excluding carboxylic acids is 1. The Balaban J connectivity index is 1.76. The predicted molar refractivity (Wildman–Crippen MR) is 116 cm³/mol. The summed E-state index contributed by atoms with van der Waals surface area (Å²) in [5.74, 6) is 1.64. The highest BCUT2D eigenvalue weighted by molar-refractivity contribution is 7.92. The van der Waals surface area contributed by atoms with Crippen molar-refractivity contribution in [2.24, 2.45) is 0 Å². The Morgan fingerprint density at radius 3 is 2.39 bits per heavy atom. The fourth-order valence-electron chi connectivity index (χ4n) is 3.21. The van der Waals surface area contributed by atoms with Gasteiger partial charge in [-0.1, -0.05) is 6.07 Å². The summed E-state index contributed by atoms with van der Waals surface area (Å²) < 4.78 is 47.3. The molecule has 0 aliphatic carbocycles. The normalized spacial score (nSPS) is 13.8. The van der Waals surface area contributed by atoms with Crippen molar-refractivity contribution < 1.29 is 32.2 Å². The molecule has 2 aromatic rings. The lowest BCUT2D eigenvalue weighted by atomic mass is 10.1. The summed E-state index contributed by atoms with van der Waals surface area (Å²) in [4.78, 5) is 12.7. The van der Waals surface area contributed by atoms with Crippen LogP contribution in [0.5, 0.6) is 23.0 Å². The van der Waals surface area contributed by atoms with Crippen LogP contribution in [0.3, 0.4) is 0 Å². The van der Waals surface area contributed by atoms with Crippen molar-refractivity contribution >= 4 is 21.6 Å². The molecule has 1 N–H and O–H groups in total. The number of carbonyl (C=O) groups is 1. The smallest absolute Gasteiger partial charge is 0.241 e. The first-order valence-corrected chi connectivity index (χ1v) is 11.5. The number of benzene rings is 2. The van der Waals surface area contributed by atoms with Crippen LogP contribution in [0, 0.1) is 0 Å². The summed E-state index contributed by atoms with van der Waals surface area (Å²) in [6.07, 6.45) is 1.05. The summed E-state index contributed by atoms with van der Waals surface area (Å²) in [6.45, 7) is 2.22. The van der Waals surface area contributed by atoms with E-state index in [1.165, 1.54) is 7.11 Å². The molecule has 0 saturated carbocycles. The Bertz CT molecular complexity index is 1060. The number of ether oxygens (including phenoxy) is 4. The molecule has 0 fully saturated rings. The summed E-state index contributed by atoms with van der Waals surface area (Å²) in [5.41, 5.74) is 1.11. The van der Waals surface area contributed by atoms with Gasteiger partial charge in [-0.2, -0.15) is 0 Å². The molecule has 0 aromatic heterocycles. The fraction of sp³-hybridized carbons (Fsp3) is 0.381. The minimum absolute atomic E-state index is 0.320. The molecule has 10 heteroatoms. The number of anilines is 1. The molecule has 0 bridgehead atoms. The zero-order valence-corrected chi connectivity index (χ0v) is 18.7. The molecule has 0 spiro atoms. The van der Waals surface area contributed by atoms with Crippen molar-refractivity contribution in [1.82, 2.24) is 5.32 Å². The van der Waals surface area contributed by atoms with Crippen molar-refractivity contribution in [3.63, 3.8) is 0 Å². The van der Waals surface area contributed by atoms with Gasteiger partial charge in [-0.25, -0.2) is 8.42 Å². The van der Waals surface area contributed by atoms with E-state index in [1.54, 1.807) is 50.4 Å². The Labute approximate surface area is 181 Å². The first-order chi connectivity index (χ1) is 14.7. The largest absolute Gasteiger partial charge is 0.493 e. The zero-order chi connectivity index (χ0) is 22.6. The van der Waals surface area contributed by atoms with Crippen LogP contribution in [0.1, 0.15) is 18.5 Å². The van der Waals surface area contributed by atoms with Crippen LogP contribution in [-0.2, 0) is 14.8 Å². The van der Waals surface area contributed by atoms with E-state index >= 15 is 0 Å². The Hall–Kier alpha value is -3.14. The van der Waals surface area contributed by atoms with Gasteiger partial charge in [0.2, 0.25) is 15.9 Å². The Morgan fingerprint density at radius 2 is 1.74 bits per heavy atom. The van der Waals surface area contributed by atoms with E-state index in [2.05, 4.69) is 5.32 Å². The van der Waals surface area contributed by atoms with Gasteiger partial charge in [-0.05, 0) is 36.8 Å². The van der Waals surface area contributed by atoms with E-state index in [4.69, 9.17) is 18.9 Å². The van der Waals surface area contributed by atoms with Crippen molar-refractivity contribution in [3.05, 3.63) is 42.0 Å². The third kappa shape index (κ3) is 5.32. The summed E-state index contributed by atoms with van der Waals surface area (Å²) in [6, 6.07) is 9.70. The minimum atomic E-state index is -3.72. The molecule has 1 atom stereocenters. The van der Waals surface area contributed by atoms with Crippen LogP contribution in [0.15, 0.2) is 36.4 Å². The topological polar surface area (TPSA) is 103 Å². The Morgan fingerprint density at radius 1 is 1.06 bits per heavy atom. The van der Waals surface area contributed by atoms with Crippen molar-refractivity contribution in [3.8, 4) is 23.0 Å². The van der Waals surface area contributed by atoms with E-state index in [9.17, 15) is 13.2 Å². The van der Waals surface area contributed by atoms with Gasteiger partial charge >= 0.3 is 0 Å². The SMILES string of the molecule is COc1ccc([C@H](C)NC(=O)CN(c2ccc3c(c2)OCCO3)S(C)(=O)=O)cc1OC. The zero-order valence-electron chi connectivity index (χ0n) is 17.9. The summed E-state index contributed by atoms with van der Waals surface area (Å²) in [7, 11) is -0.648. The van der Waals surface area contributed by atoms with E-state index in [0.29, 0.717) is 41.9 Å². The van der Waals surface area contributed by atoms with Crippen LogP contribution in [-0.4, -0.2) is 54.6 Å². The quantitative estimate of drug-likeness (QED) is 0.657. The molecular weight excluding hydrogens is 424 g/mol. The second-order valence-corrected chi connectivity index (χ2v) is 8.91. The highest BCUT2D eigenvalue weighted by atomic mass is 32.2. The van der Waals surface area contributed by atoms with Gasteiger partial charge in [0, 0.05) is 6.07 Å². The third-order valence-corrected chi connectivity index (χ3v) is 5.93. The molecule has 0 radical (unpaired) electrons. The molecule has 1 aliphatic rings. The maximum Gasteiger partial charge on any atom is 0.241 e. The lowest BCUT2D eigenvalue weighted by molar-refractivity contribution is -0.120. The van der Waals surface area contributed by atoms with Crippen LogP contribution in [0.2, 0.25) is 0 Å². The monoisotopic (exact) mass is 450 g/mol. The lowest BCUT2D eigenvalue weighted by Crippen LogP contribution is -2.41. The van der Waals surface area contributed by atoms with Crippen molar-refractivity contribution in [2.45, 2.75) is 13.0 Å². The van der Waals surface area contributed by atoms with Gasteiger partial charge in [0.1, 0.15) is 19.8 Å². The van der Waals surface area contributed by atoms with E-state index in [1.807, 2.05) is 0 Å². The van der Waals surface area contributed by atoms with E-state index < -0.39 is 15.9 Å². The average Bonchev–Trinajstić information content (AvgIpc) is 2.75. The van der Waals surface area contributed by atoms with Gasteiger partial charge in [0.25, 0.3) is 0 Å². The lowest BCUT2D eigenvalue weighted by Gasteiger charge is -2.25. The fourth-order valence-corrected chi connectivity index (χ4v) is 4.06. The van der Waals surface area contributed by atoms with Gasteiger partial charge in [-0.15, -0.1) is 0 Å². The molecule has 2 aromatic carbocycles. The number of nitrogens with zero attached hydrogens (tertiary/aromatic N) is 1. The average molecular weight is 451 g/mol. The highest BCUT2D eigenvalue weighted by Crippen LogP contribution is 2.35. The van der Waals surface area contributed by atoms with Gasteiger partial charge in [-0.3, -0.25) is 9.10 Å². The van der Waals surface area contributed by atoms with Crippen LogP contribution >= 0.6 is 0 Å².